The van der Waals surface area contributed by atoms with Gasteiger partial charge in [-0.25, -0.2) is 0 Å². The van der Waals surface area contributed by atoms with Crippen molar-refractivity contribution in [3.05, 3.63) is 34.9 Å². The largest absolute Gasteiger partial charge is 0.322 e. The highest BCUT2D eigenvalue weighted by Gasteiger charge is 2.40. The molecule has 2 saturated heterocycles. The first kappa shape index (κ1) is 16.9. The van der Waals surface area contributed by atoms with Crippen LogP contribution in [-0.4, -0.2) is 47.3 Å². The first-order chi connectivity index (χ1) is 13.1. The fourth-order valence-corrected chi connectivity index (χ4v) is 5.07. The van der Waals surface area contributed by atoms with Crippen LogP contribution in [0.15, 0.2) is 18.2 Å². The summed E-state index contributed by atoms with van der Waals surface area (Å²) in [6, 6.07) is 6.66. The van der Waals surface area contributed by atoms with Crippen molar-refractivity contribution in [2.24, 2.45) is 5.92 Å². The van der Waals surface area contributed by atoms with Crippen LogP contribution in [0.25, 0.3) is 0 Å². The van der Waals surface area contributed by atoms with Crippen molar-refractivity contribution in [2.75, 3.05) is 6.54 Å². The van der Waals surface area contributed by atoms with Gasteiger partial charge in [-0.2, -0.15) is 0 Å². The number of benzene rings is 1. The van der Waals surface area contributed by atoms with E-state index in [-0.39, 0.29) is 24.1 Å². The van der Waals surface area contributed by atoms with E-state index in [1.54, 1.807) is 4.90 Å². The molecule has 3 fully saturated rings. The van der Waals surface area contributed by atoms with E-state index >= 15 is 0 Å². The molecule has 2 bridgehead atoms. The number of hydrogen-bond acceptors (Lipinski definition) is 5. The zero-order valence-corrected chi connectivity index (χ0v) is 15.2. The quantitative estimate of drug-likeness (QED) is 0.665. The van der Waals surface area contributed by atoms with Crippen molar-refractivity contribution in [1.29, 1.82) is 0 Å². The summed E-state index contributed by atoms with van der Waals surface area (Å²) in [6.45, 7) is 2.35. The summed E-state index contributed by atoms with van der Waals surface area (Å²) in [6.07, 6.45) is 3.15. The standard InChI is InChI=1S/C20H24N4O3/c25-18-4-3-17(19(26)23-18)24-10-13-5-11(1-2-15(13)20(24)27)8-22-16-7-14-6-12(16)9-21-14/h1-2,5,12,14,16-17,21-22H,3-4,6-10H2,(H,23,25,26). The number of nitrogens with one attached hydrogen (secondary N) is 3. The molecule has 0 spiro atoms. The molecule has 4 aliphatic rings. The van der Waals surface area contributed by atoms with Gasteiger partial charge in [0.1, 0.15) is 6.04 Å². The van der Waals surface area contributed by atoms with Crippen LogP contribution in [0.4, 0.5) is 0 Å². The third kappa shape index (κ3) is 2.95. The Morgan fingerprint density at radius 3 is 2.81 bits per heavy atom. The number of amides is 3. The molecule has 3 heterocycles. The Hall–Kier alpha value is -2.25. The second-order valence-corrected chi connectivity index (χ2v) is 8.22. The molecule has 7 nitrogen and oxygen atoms in total. The average molecular weight is 368 g/mol. The third-order valence-electron chi connectivity index (χ3n) is 6.52. The van der Waals surface area contributed by atoms with Crippen LogP contribution in [0.5, 0.6) is 0 Å². The third-order valence-corrected chi connectivity index (χ3v) is 6.52. The zero-order chi connectivity index (χ0) is 18.5. The highest BCUT2D eigenvalue weighted by molar-refractivity contribution is 6.05. The van der Waals surface area contributed by atoms with E-state index in [0.717, 1.165) is 24.6 Å². The summed E-state index contributed by atoms with van der Waals surface area (Å²) < 4.78 is 0. The molecule has 4 unspecified atom stereocenters. The Morgan fingerprint density at radius 2 is 2.07 bits per heavy atom. The van der Waals surface area contributed by atoms with Gasteiger partial charge in [-0.3, -0.25) is 19.7 Å². The molecule has 3 N–H and O–H groups in total. The maximum atomic E-state index is 12.7. The lowest BCUT2D eigenvalue weighted by atomic mass is 10.0. The number of piperidine rings is 2. The molecule has 5 rings (SSSR count). The van der Waals surface area contributed by atoms with Crippen LogP contribution in [0.3, 0.4) is 0 Å². The molecular weight excluding hydrogens is 344 g/mol. The minimum Gasteiger partial charge on any atom is -0.322 e. The van der Waals surface area contributed by atoms with Gasteiger partial charge in [0.15, 0.2) is 0 Å². The number of hydrogen-bond donors (Lipinski definition) is 3. The second-order valence-electron chi connectivity index (χ2n) is 8.22. The number of carbonyl (C=O) groups is 3. The van der Waals surface area contributed by atoms with E-state index in [4.69, 9.17) is 0 Å². The minimum absolute atomic E-state index is 0.113. The Morgan fingerprint density at radius 1 is 1.19 bits per heavy atom. The maximum absolute atomic E-state index is 12.7. The van der Waals surface area contributed by atoms with E-state index in [0.29, 0.717) is 30.6 Å². The molecule has 0 radical (unpaired) electrons. The summed E-state index contributed by atoms with van der Waals surface area (Å²) in [5.41, 5.74) is 2.81. The van der Waals surface area contributed by atoms with Crippen molar-refractivity contribution in [3.8, 4) is 0 Å². The van der Waals surface area contributed by atoms with E-state index < -0.39 is 6.04 Å². The first-order valence-corrected chi connectivity index (χ1v) is 9.82. The zero-order valence-electron chi connectivity index (χ0n) is 15.2. The van der Waals surface area contributed by atoms with Crippen molar-refractivity contribution in [2.45, 2.75) is 56.9 Å². The molecule has 27 heavy (non-hydrogen) atoms. The Kier molecular flexibility index (Phi) is 4.02. The lowest BCUT2D eigenvalue weighted by Gasteiger charge is -2.29. The van der Waals surface area contributed by atoms with Crippen LogP contribution in [0.2, 0.25) is 0 Å². The van der Waals surface area contributed by atoms with Gasteiger partial charge in [-0.1, -0.05) is 12.1 Å². The molecule has 4 atom stereocenters. The summed E-state index contributed by atoms with van der Waals surface area (Å²) in [5, 5.41) is 9.55. The molecule has 1 aromatic rings. The number of fused-ring (bicyclic) bond motifs is 3. The van der Waals surface area contributed by atoms with E-state index in [9.17, 15) is 14.4 Å². The van der Waals surface area contributed by atoms with Crippen LogP contribution in [0, 0.1) is 5.92 Å². The van der Waals surface area contributed by atoms with Gasteiger partial charge in [0.2, 0.25) is 11.8 Å². The van der Waals surface area contributed by atoms with Crippen molar-refractivity contribution in [3.63, 3.8) is 0 Å². The Labute approximate surface area is 157 Å². The summed E-state index contributed by atoms with van der Waals surface area (Å²) >= 11 is 0. The second kappa shape index (κ2) is 6.42. The van der Waals surface area contributed by atoms with Gasteiger partial charge in [0.05, 0.1) is 0 Å². The van der Waals surface area contributed by atoms with Gasteiger partial charge in [-0.15, -0.1) is 0 Å². The predicted molar refractivity (Wildman–Crippen MR) is 97.6 cm³/mol. The van der Waals surface area contributed by atoms with E-state index in [2.05, 4.69) is 22.0 Å². The molecule has 1 saturated carbocycles. The van der Waals surface area contributed by atoms with Crippen LogP contribution in [-0.2, 0) is 22.7 Å². The molecular formula is C20H24N4O3. The molecule has 0 aromatic heterocycles. The van der Waals surface area contributed by atoms with Crippen LogP contribution < -0.4 is 16.0 Å². The van der Waals surface area contributed by atoms with Crippen molar-refractivity contribution in [1.82, 2.24) is 20.9 Å². The highest BCUT2D eigenvalue weighted by Crippen LogP contribution is 2.32. The summed E-state index contributed by atoms with van der Waals surface area (Å²) in [7, 11) is 0. The van der Waals surface area contributed by atoms with Gasteiger partial charge < -0.3 is 15.5 Å². The molecule has 3 aliphatic heterocycles. The van der Waals surface area contributed by atoms with Gasteiger partial charge in [0.25, 0.3) is 5.91 Å². The number of imide groups is 1. The minimum atomic E-state index is -0.550. The fourth-order valence-electron chi connectivity index (χ4n) is 5.07. The van der Waals surface area contributed by atoms with Crippen LogP contribution >= 0.6 is 0 Å². The van der Waals surface area contributed by atoms with Crippen LogP contribution in [0.1, 0.15) is 47.2 Å². The Bertz CT molecular complexity index is 823. The molecule has 1 aliphatic carbocycles. The summed E-state index contributed by atoms with van der Waals surface area (Å²) in [5.74, 6) is -0.00372. The van der Waals surface area contributed by atoms with Gasteiger partial charge in [0, 0.05) is 37.2 Å². The number of carbonyl (C=O) groups excluding carboxylic acids is 3. The van der Waals surface area contributed by atoms with Crippen molar-refractivity contribution >= 4 is 17.7 Å². The first-order valence-electron chi connectivity index (χ1n) is 9.82. The monoisotopic (exact) mass is 368 g/mol. The molecule has 7 heteroatoms. The Balaban J connectivity index is 1.26. The van der Waals surface area contributed by atoms with E-state index in [1.165, 1.54) is 18.4 Å². The smallest absolute Gasteiger partial charge is 0.255 e. The number of rotatable bonds is 4. The fraction of sp³-hybridized carbons (Fsp3) is 0.550. The highest BCUT2D eigenvalue weighted by atomic mass is 16.2. The average Bonchev–Trinajstić information content (AvgIpc) is 3.35. The molecule has 142 valence electrons. The number of nitrogens with zero attached hydrogens (tertiary/aromatic N) is 1. The predicted octanol–water partition coefficient (Wildman–Crippen LogP) is 0.288. The van der Waals surface area contributed by atoms with Gasteiger partial charge in [-0.05, 0) is 48.9 Å². The molecule has 1 aromatic carbocycles. The lowest BCUT2D eigenvalue weighted by Crippen LogP contribution is -2.52. The lowest BCUT2D eigenvalue weighted by molar-refractivity contribution is -0.136. The summed E-state index contributed by atoms with van der Waals surface area (Å²) in [4.78, 5) is 37.8. The van der Waals surface area contributed by atoms with Crippen molar-refractivity contribution < 1.29 is 14.4 Å². The SMILES string of the molecule is O=C1CCC(N2Cc3cc(CNC4CC5CC4CN5)ccc3C2=O)C(=O)N1. The normalized spacial score (nSPS) is 32.1. The van der Waals surface area contributed by atoms with E-state index in [1.807, 2.05) is 12.1 Å². The maximum Gasteiger partial charge on any atom is 0.255 e. The topological polar surface area (TPSA) is 90.5 Å². The van der Waals surface area contributed by atoms with Gasteiger partial charge >= 0.3 is 0 Å². The molecule has 3 amide bonds.